The summed E-state index contributed by atoms with van der Waals surface area (Å²) in [6, 6.07) is 18.9. The van der Waals surface area contributed by atoms with Crippen molar-refractivity contribution in [1.29, 1.82) is 0 Å². The zero-order chi connectivity index (χ0) is 18.7. The molecule has 6 heteroatoms. The fraction of sp³-hybridized carbons (Fsp3) is 0.286. The molecular weight excluding hydrogens is 376 g/mol. The van der Waals surface area contributed by atoms with E-state index in [9.17, 15) is 8.42 Å². The Hall–Kier alpha value is -2.05. The van der Waals surface area contributed by atoms with E-state index >= 15 is 0 Å². The van der Waals surface area contributed by atoms with Crippen LogP contribution in [0.5, 0.6) is 0 Å². The lowest BCUT2D eigenvalue weighted by molar-refractivity contribution is 0.597. The Balaban J connectivity index is 1.57. The van der Waals surface area contributed by atoms with Crippen molar-refractivity contribution in [2.24, 2.45) is 0 Å². The molecule has 3 aromatic rings. The Morgan fingerprint density at radius 1 is 0.926 bits per heavy atom. The first kappa shape index (κ1) is 18.3. The molecule has 0 atom stereocenters. The third-order valence-corrected chi connectivity index (χ3v) is 7.73. The van der Waals surface area contributed by atoms with Crippen LogP contribution in [0.25, 0.3) is 5.69 Å². The minimum Gasteiger partial charge on any atom is -0.292 e. The van der Waals surface area contributed by atoms with E-state index in [1.165, 1.54) is 36.0 Å². The van der Waals surface area contributed by atoms with E-state index in [0.717, 1.165) is 23.7 Å². The number of imidazole rings is 1. The van der Waals surface area contributed by atoms with Gasteiger partial charge in [0.15, 0.2) is 15.0 Å². The first-order valence-corrected chi connectivity index (χ1v) is 11.9. The lowest BCUT2D eigenvalue weighted by atomic mass is 10.0. The Morgan fingerprint density at radius 2 is 1.59 bits per heavy atom. The molecule has 0 spiro atoms. The van der Waals surface area contributed by atoms with E-state index in [1.54, 1.807) is 24.3 Å². The molecule has 0 saturated heterocycles. The van der Waals surface area contributed by atoms with Crippen LogP contribution in [0.3, 0.4) is 0 Å². The smallest absolute Gasteiger partial charge is 0.179 e. The Bertz CT molecular complexity index is 1010. The second-order valence-electron chi connectivity index (χ2n) is 6.65. The average Bonchev–Trinajstić information content (AvgIpc) is 3.07. The first-order chi connectivity index (χ1) is 13.1. The molecule has 0 saturated carbocycles. The van der Waals surface area contributed by atoms with Crippen LogP contribution in [-0.4, -0.2) is 29.5 Å². The summed E-state index contributed by atoms with van der Waals surface area (Å²) in [4.78, 5) is 5.24. The van der Waals surface area contributed by atoms with Gasteiger partial charge in [0, 0.05) is 17.1 Å². The van der Waals surface area contributed by atoms with Gasteiger partial charge in [0.05, 0.1) is 16.3 Å². The van der Waals surface area contributed by atoms with Crippen LogP contribution >= 0.6 is 11.8 Å². The van der Waals surface area contributed by atoms with Crippen molar-refractivity contribution in [3.8, 4) is 5.69 Å². The van der Waals surface area contributed by atoms with Gasteiger partial charge in [-0.1, -0.05) is 48.2 Å². The summed E-state index contributed by atoms with van der Waals surface area (Å²) in [5, 5.41) is 0.899. The Kier molecular flexibility index (Phi) is 5.36. The lowest BCUT2D eigenvalue weighted by Gasteiger charge is -2.15. The van der Waals surface area contributed by atoms with E-state index in [0.29, 0.717) is 10.6 Å². The second kappa shape index (κ2) is 7.90. The lowest BCUT2D eigenvalue weighted by Crippen LogP contribution is -2.10. The predicted molar refractivity (Wildman–Crippen MR) is 109 cm³/mol. The van der Waals surface area contributed by atoms with Crippen molar-refractivity contribution in [1.82, 2.24) is 9.55 Å². The number of nitrogens with zero attached hydrogens (tertiary/aromatic N) is 2. The van der Waals surface area contributed by atoms with Gasteiger partial charge in [-0.15, -0.1) is 0 Å². The van der Waals surface area contributed by atoms with Crippen LogP contribution in [0.1, 0.15) is 24.2 Å². The van der Waals surface area contributed by atoms with Gasteiger partial charge in [-0.3, -0.25) is 4.57 Å². The van der Waals surface area contributed by atoms with Crippen LogP contribution in [-0.2, 0) is 22.7 Å². The van der Waals surface area contributed by atoms with Crippen LogP contribution in [0.2, 0.25) is 0 Å². The Labute approximate surface area is 164 Å². The summed E-state index contributed by atoms with van der Waals surface area (Å²) < 4.78 is 27.3. The molecular formula is C21H22N2O2S2. The first-order valence-electron chi connectivity index (χ1n) is 9.22. The van der Waals surface area contributed by atoms with Crippen LogP contribution in [0, 0.1) is 0 Å². The van der Waals surface area contributed by atoms with Crippen LogP contribution in [0.4, 0.5) is 0 Å². The molecule has 140 valence electrons. The molecule has 0 amide bonds. The number of aromatic nitrogens is 2. The zero-order valence-corrected chi connectivity index (χ0v) is 16.7. The predicted octanol–water partition coefficient (Wildman–Crippen LogP) is 4.32. The molecule has 0 aliphatic heterocycles. The summed E-state index contributed by atoms with van der Waals surface area (Å²) in [5.74, 6) is 0.591. The molecule has 4 nitrogen and oxygen atoms in total. The maximum absolute atomic E-state index is 12.5. The number of rotatable bonds is 6. The average molecular weight is 399 g/mol. The highest BCUT2D eigenvalue weighted by molar-refractivity contribution is 8.00. The van der Waals surface area contributed by atoms with Gasteiger partial charge < -0.3 is 0 Å². The van der Waals surface area contributed by atoms with Gasteiger partial charge in [0.1, 0.15) is 0 Å². The Morgan fingerprint density at radius 3 is 2.33 bits per heavy atom. The minimum atomic E-state index is -3.27. The molecule has 0 fully saturated rings. The van der Waals surface area contributed by atoms with Gasteiger partial charge in [-0.05, 0) is 49.9 Å². The molecule has 1 aliphatic carbocycles. The minimum absolute atomic E-state index is 0.105. The molecule has 0 N–H and O–H groups in total. The van der Waals surface area contributed by atoms with E-state index in [4.69, 9.17) is 4.98 Å². The number of thioether (sulfide) groups is 1. The van der Waals surface area contributed by atoms with Gasteiger partial charge >= 0.3 is 0 Å². The van der Waals surface area contributed by atoms with Crippen molar-refractivity contribution >= 4 is 21.6 Å². The molecule has 0 unspecified atom stereocenters. The van der Waals surface area contributed by atoms with E-state index in [-0.39, 0.29) is 5.75 Å². The number of hydrogen-bond donors (Lipinski definition) is 0. The summed E-state index contributed by atoms with van der Waals surface area (Å²) in [6.07, 6.45) is 4.38. The highest BCUT2D eigenvalue weighted by Crippen LogP contribution is 2.30. The standard InChI is InChI=1S/C21H22N2O2S2/c24-27(25,18-11-5-2-6-12-18)16-15-26-21-22-19-13-7-8-14-20(19)23(21)17-9-3-1-4-10-17/h1-6,9-12H,7-8,13-16H2. The van der Waals surface area contributed by atoms with Crippen molar-refractivity contribution in [2.75, 3.05) is 11.5 Å². The highest BCUT2D eigenvalue weighted by atomic mass is 32.2. The zero-order valence-electron chi connectivity index (χ0n) is 15.0. The monoisotopic (exact) mass is 398 g/mol. The molecule has 0 bridgehead atoms. The van der Waals surface area contributed by atoms with E-state index < -0.39 is 9.84 Å². The largest absolute Gasteiger partial charge is 0.292 e. The molecule has 27 heavy (non-hydrogen) atoms. The van der Waals surface area contributed by atoms with Crippen LogP contribution in [0.15, 0.2) is 70.7 Å². The normalized spacial score (nSPS) is 14.1. The third-order valence-electron chi connectivity index (χ3n) is 4.80. The molecule has 1 heterocycles. The summed E-state index contributed by atoms with van der Waals surface area (Å²) in [7, 11) is -3.27. The van der Waals surface area contributed by atoms with E-state index in [2.05, 4.69) is 16.7 Å². The molecule has 0 radical (unpaired) electrons. The number of hydrogen-bond acceptors (Lipinski definition) is 4. The number of benzene rings is 2. The summed E-state index contributed by atoms with van der Waals surface area (Å²) in [6.45, 7) is 0. The maximum atomic E-state index is 12.5. The fourth-order valence-electron chi connectivity index (χ4n) is 3.44. The second-order valence-corrected chi connectivity index (χ2v) is 9.82. The number of para-hydroxylation sites is 1. The quantitative estimate of drug-likeness (QED) is 0.581. The van der Waals surface area contributed by atoms with Crippen molar-refractivity contribution < 1.29 is 8.42 Å². The molecule has 1 aromatic heterocycles. The molecule has 2 aromatic carbocycles. The van der Waals surface area contributed by atoms with Gasteiger partial charge in [-0.2, -0.15) is 0 Å². The van der Waals surface area contributed by atoms with Crippen molar-refractivity contribution in [3.05, 3.63) is 72.1 Å². The third kappa shape index (κ3) is 3.96. The van der Waals surface area contributed by atoms with Gasteiger partial charge in [0.25, 0.3) is 0 Å². The molecule has 4 rings (SSSR count). The number of fused-ring (bicyclic) bond motifs is 1. The van der Waals surface area contributed by atoms with Gasteiger partial charge in [-0.25, -0.2) is 13.4 Å². The maximum Gasteiger partial charge on any atom is 0.179 e. The molecule has 1 aliphatic rings. The van der Waals surface area contributed by atoms with Crippen molar-refractivity contribution in [2.45, 2.75) is 35.7 Å². The van der Waals surface area contributed by atoms with Crippen molar-refractivity contribution in [3.63, 3.8) is 0 Å². The summed E-state index contributed by atoms with van der Waals surface area (Å²) >= 11 is 1.53. The summed E-state index contributed by atoms with van der Waals surface area (Å²) in [5.41, 5.74) is 3.54. The highest BCUT2D eigenvalue weighted by Gasteiger charge is 2.22. The van der Waals surface area contributed by atoms with Crippen LogP contribution < -0.4 is 0 Å². The number of aryl methyl sites for hydroxylation is 1. The van der Waals surface area contributed by atoms with Gasteiger partial charge in [0.2, 0.25) is 0 Å². The SMILES string of the molecule is O=S(=O)(CCSc1nc2c(n1-c1ccccc1)CCCC2)c1ccccc1. The van der Waals surface area contributed by atoms with E-state index in [1.807, 2.05) is 24.3 Å². The topological polar surface area (TPSA) is 52.0 Å². The number of sulfone groups is 1. The fourth-order valence-corrected chi connectivity index (χ4v) is 6.16.